The molecule has 0 radical (unpaired) electrons. The molecule has 6 N–H and O–H groups in total. The lowest BCUT2D eigenvalue weighted by Crippen LogP contribution is -2.33. The first-order valence-corrected chi connectivity index (χ1v) is 14.6. The van der Waals surface area contributed by atoms with E-state index in [0.717, 1.165) is 5.56 Å². The molecule has 252 valence electrons. The van der Waals surface area contributed by atoms with Gasteiger partial charge >= 0.3 is 5.97 Å². The second-order valence-corrected chi connectivity index (χ2v) is 11.2. The standard InChI is InChI=1S/C32H35N9O6.ClH/c1-19-15-32(47-31(19)45,20-8-6-5-7-9-20)18-46-27-14-25(41(4)38-27)30(44)37-22-13-24(40(3)17-22)29(43)36-21-12-23(39(2)16-21)28(42)35-11-10-26(33)34;/h5-9,12-14,16-17H,1,10-11,15,18H2,2-4H3,(H3,33,34)(H,35,42)(H,36,43)(H,37,44);1H. The van der Waals surface area contributed by atoms with E-state index in [1.807, 2.05) is 30.3 Å². The van der Waals surface area contributed by atoms with Crippen molar-refractivity contribution in [3.8, 4) is 5.88 Å². The zero-order valence-corrected chi connectivity index (χ0v) is 27.3. The fraction of sp³-hybridized carbons (Fsp3) is 0.250. The highest BCUT2D eigenvalue weighted by Crippen LogP contribution is 2.39. The van der Waals surface area contributed by atoms with E-state index in [1.165, 1.54) is 22.9 Å². The summed E-state index contributed by atoms with van der Waals surface area (Å²) in [7, 11) is 4.92. The molecule has 0 aliphatic carbocycles. The van der Waals surface area contributed by atoms with E-state index < -0.39 is 23.4 Å². The van der Waals surface area contributed by atoms with Crippen LogP contribution in [0.5, 0.6) is 5.88 Å². The number of carbonyl (C=O) groups is 4. The minimum absolute atomic E-state index is 0. The summed E-state index contributed by atoms with van der Waals surface area (Å²) in [5.41, 5.74) is 6.87. The van der Waals surface area contributed by atoms with Gasteiger partial charge in [0.1, 0.15) is 23.7 Å². The molecule has 3 aromatic heterocycles. The highest BCUT2D eigenvalue weighted by molar-refractivity contribution is 6.07. The van der Waals surface area contributed by atoms with Crippen molar-refractivity contribution in [2.24, 2.45) is 26.9 Å². The second kappa shape index (κ2) is 14.3. The second-order valence-electron chi connectivity index (χ2n) is 11.2. The Labute approximate surface area is 282 Å². The summed E-state index contributed by atoms with van der Waals surface area (Å²) in [6.45, 7) is 3.98. The van der Waals surface area contributed by atoms with E-state index >= 15 is 0 Å². The molecule has 16 heteroatoms. The van der Waals surface area contributed by atoms with Crippen LogP contribution in [0.25, 0.3) is 0 Å². The number of aryl methyl sites for hydroxylation is 3. The molecular formula is C32H36ClN9O6. The summed E-state index contributed by atoms with van der Waals surface area (Å²) in [6, 6.07) is 13.7. The van der Waals surface area contributed by atoms with Gasteiger partial charge in [0.25, 0.3) is 17.7 Å². The number of carbonyl (C=O) groups excluding carboxylic acids is 4. The molecule has 15 nitrogen and oxygen atoms in total. The molecule has 5 rings (SSSR count). The van der Waals surface area contributed by atoms with Crippen molar-refractivity contribution in [2.45, 2.75) is 18.4 Å². The van der Waals surface area contributed by atoms with Crippen LogP contribution in [0.2, 0.25) is 0 Å². The average molecular weight is 678 g/mol. The van der Waals surface area contributed by atoms with Crippen molar-refractivity contribution in [1.29, 1.82) is 5.41 Å². The van der Waals surface area contributed by atoms with Crippen molar-refractivity contribution < 1.29 is 28.7 Å². The van der Waals surface area contributed by atoms with Crippen LogP contribution < -0.4 is 26.4 Å². The van der Waals surface area contributed by atoms with E-state index in [-0.39, 0.29) is 67.4 Å². The maximum atomic E-state index is 13.2. The van der Waals surface area contributed by atoms with Gasteiger partial charge in [-0.1, -0.05) is 36.9 Å². The van der Waals surface area contributed by atoms with Crippen molar-refractivity contribution in [2.75, 3.05) is 23.8 Å². The number of nitrogens with one attached hydrogen (secondary N) is 4. The first-order valence-electron chi connectivity index (χ1n) is 14.6. The molecule has 0 spiro atoms. The van der Waals surface area contributed by atoms with E-state index in [1.54, 1.807) is 42.7 Å². The number of ether oxygens (including phenoxy) is 2. The number of aromatic nitrogens is 4. The van der Waals surface area contributed by atoms with Gasteiger partial charge < -0.3 is 40.3 Å². The molecule has 1 aliphatic rings. The molecule has 1 unspecified atom stereocenters. The van der Waals surface area contributed by atoms with Gasteiger partial charge in [-0.15, -0.1) is 17.5 Å². The van der Waals surface area contributed by atoms with Crippen molar-refractivity contribution in [3.05, 3.63) is 95.7 Å². The number of nitrogens with zero attached hydrogens (tertiary/aromatic N) is 4. The minimum Gasteiger partial charge on any atom is -0.472 e. The third kappa shape index (κ3) is 7.58. The van der Waals surface area contributed by atoms with Crippen LogP contribution in [-0.2, 0) is 36.3 Å². The molecule has 0 bridgehead atoms. The third-order valence-corrected chi connectivity index (χ3v) is 7.59. The zero-order valence-electron chi connectivity index (χ0n) is 26.5. The van der Waals surface area contributed by atoms with E-state index in [2.05, 4.69) is 27.6 Å². The first-order chi connectivity index (χ1) is 22.3. The predicted octanol–water partition coefficient (Wildman–Crippen LogP) is 2.86. The van der Waals surface area contributed by atoms with Gasteiger partial charge in [0.05, 0.1) is 17.2 Å². The zero-order chi connectivity index (χ0) is 33.9. The van der Waals surface area contributed by atoms with Gasteiger partial charge in [-0.05, 0) is 17.7 Å². The monoisotopic (exact) mass is 677 g/mol. The van der Waals surface area contributed by atoms with Crippen LogP contribution >= 0.6 is 12.4 Å². The molecule has 1 atom stereocenters. The molecule has 4 heterocycles. The van der Waals surface area contributed by atoms with Gasteiger partial charge in [0.15, 0.2) is 5.60 Å². The lowest BCUT2D eigenvalue weighted by molar-refractivity contribution is -0.150. The summed E-state index contributed by atoms with van der Waals surface area (Å²) in [5.74, 6) is -1.69. The molecule has 4 aromatic rings. The van der Waals surface area contributed by atoms with Gasteiger partial charge in [-0.3, -0.25) is 24.5 Å². The number of amides is 3. The fourth-order valence-electron chi connectivity index (χ4n) is 5.19. The molecule has 1 aliphatic heterocycles. The largest absolute Gasteiger partial charge is 0.472 e. The number of hydrogen-bond acceptors (Lipinski definition) is 8. The van der Waals surface area contributed by atoms with Gasteiger partial charge in [0.2, 0.25) is 5.88 Å². The van der Waals surface area contributed by atoms with E-state index in [4.69, 9.17) is 20.6 Å². The lowest BCUT2D eigenvalue weighted by Gasteiger charge is -2.27. The van der Waals surface area contributed by atoms with Crippen LogP contribution in [0.15, 0.2) is 73.1 Å². The number of hydrogen-bond donors (Lipinski definition) is 5. The Morgan fingerprint density at radius 3 is 2.12 bits per heavy atom. The Bertz CT molecular complexity index is 1880. The summed E-state index contributed by atoms with van der Waals surface area (Å²) < 4.78 is 16.1. The van der Waals surface area contributed by atoms with Gasteiger partial charge in [-0.2, -0.15) is 0 Å². The Balaban J connectivity index is 0.00000520. The van der Waals surface area contributed by atoms with Crippen LogP contribution in [0.1, 0.15) is 49.9 Å². The van der Waals surface area contributed by atoms with E-state index in [9.17, 15) is 19.2 Å². The third-order valence-electron chi connectivity index (χ3n) is 7.59. The fourth-order valence-corrected chi connectivity index (χ4v) is 5.19. The molecule has 1 saturated heterocycles. The molecule has 3 amide bonds. The highest BCUT2D eigenvalue weighted by atomic mass is 35.5. The molecule has 1 aromatic carbocycles. The Kier molecular flexibility index (Phi) is 10.4. The topological polar surface area (TPSA) is 200 Å². The predicted molar refractivity (Wildman–Crippen MR) is 180 cm³/mol. The summed E-state index contributed by atoms with van der Waals surface area (Å²) >= 11 is 0. The van der Waals surface area contributed by atoms with Crippen LogP contribution in [0, 0.1) is 5.41 Å². The van der Waals surface area contributed by atoms with Crippen molar-refractivity contribution >= 4 is 53.3 Å². The summed E-state index contributed by atoms with van der Waals surface area (Å²) in [5, 5.41) is 19.8. The van der Waals surface area contributed by atoms with E-state index in [0.29, 0.717) is 22.6 Å². The highest BCUT2D eigenvalue weighted by Gasteiger charge is 2.45. The SMILES string of the molecule is C=C1CC(COc2cc(C(=O)Nc3cc(C(=O)Nc4cc(C(=O)NCCC(=N)N)n(C)c4)n(C)c3)n(C)n2)(c2ccccc2)OC1=O.Cl. The number of cyclic esters (lactones) is 1. The lowest BCUT2D eigenvalue weighted by atomic mass is 9.90. The van der Waals surface area contributed by atoms with Gasteiger partial charge in [-0.25, -0.2) is 4.79 Å². The van der Waals surface area contributed by atoms with Gasteiger partial charge in [0, 0.05) is 64.6 Å². The number of amidine groups is 1. The quantitative estimate of drug-likeness (QED) is 0.0652. The Morgan fingerprint density at radius 1 is 0.979 bits per heavy atom. The number of benzene rings is 1. The van der Waals surface area contributed by atoms with Crippen LogP contribution in [0.4, 0.5) is 11.4 Å². The van der Waals surface area contributed by atoms with Crippen molar-refractivity contribution in [3.63, 3.8) is 0 Å². The number of halogens is 1. The number of esters is 1. The average Bonchev–Trinajstić information content (AvgIpc) is 3.77. The Morgan fingerprint density at radius 2 is 1.56 bits per heavy atom. The molecule has 1 fully saturated rings. The molecule has 0 saturated carbocycles. The number of anilines is 2. The first kappa shape index (κ1) is 35.0. The minimum atomic E-state index is -1.07. The number of rotatable bonds is 12. The number of nitrogens with two attached hydrogens (primary N) is 1. The summed E-state index contributed by atoms with van der Waals surface area (Å²) in [4.78, 5) is 51.0. The molecule has 48 heavy (non-hydrogen) atoms. The smallest absolute Gasteiger partial charge is 0.334 e. The summed E-state index contributed by atoms with van der Waals surface area (Å²) in [6.07, 6.45) is 3.67. The normalized spacial score (nSPS) is 15.3. The van der Waals surface area contributed by atoms with Crippen molar-refractivity contribution in [1.82, 2.24) is 24.2 Å². The van der Waals surface area contributed by atoms with Crippen LogP contribution in [0.3, 0.4) is 0 Å². The van der Waals surface area contributed by atoms with Crippen LogP contribution in [-0.4, -0.2) is 61.6 Å². The maximum Gasteiger partial charge on any atom is 0.334 e. The Hall–Kier alpha value is -5.83. The maximum absolute atomic E-state index is 13.2. The molecular weight excluding hydrogens is 642 g/mol.